The van der Waals surface area contributed by atoms with E-state index in [1.54, 1.807) is 18.2 Å². The number of rotatable bonds is 2. The highest BCUT2D eigenvalue weighted by Crippen LogP contribution is 2.38. The smallest absolute Gasteiger partial charge is 0.393 e. The average molecular weight is 353 g/mol. The van der Waals surface area contributed by atoms with Gasteiger partial charge in [0.05, 0.1) is 11.3 Å². The van der Waals surface area contributed by atoms with Gasteiger partial charge in [-0.1, -0.05) is 17.3 Å². The third-order valence-corrected chi connectivity index (χ3v) is 4.71. The van der Waals surface area contributed by atoms with Gasteiger partial charge >= 0.3 is 6.18 Å². The quantitative estimate of drug-likeness (QED) is 0.373. The second-order valence-corrected chi connectivity index (χ2v) is 5.68. The summed E-state index contributed by atoms with van der Waals surface area (Å²) in [6, 6.07) is 4.97. The molecule has 3 nitrogen and oxygen atoms in total. The minimum atomic E-state index is -4.36. The first kappa shape index (κ1) is 14.1. The van der Waals surface area contributed by atoms with Crippen LogP contribution in [0.1, 0.15) is 10.4 Å². The molecule has 0 fully saturated rings. The lowest BCUT2D eigenvalue weighted by Gasteiger charge is -2.07. The maximum atomic E-state index is 12.6. The van der Waals surface area contributed by atoms with Crippen LogP contribution in [0.15, 0.2) is 27.8 Å². The number of alkyl halides is 3. The number of amidine groups is 1. The molecule has 0 unspecified atom stereocenters. The van der Waals surface area contributed by atoms with Gasteiger partial charge in [0, 0.05) is 9.17 Å². The Hall–Kier alpha value is -1.28. The van der Waals surface area contributed by atoms with Gasteiger partial charge in [-0.3, -0.25) is 0 Å². The van der Waals surface area contributed by atoms with Crippen molar-refractivity contribution in [3.8, 4) is 0 Å². The third kappa shape index (κ3) is 2.84. The lowest BCUT2D eigenvalue weighted by molar-refractivity contribution is -0.126. The Morgan fingerprint density at radius 2 is 2.11 bits per heavy atom. The predicted octanol–water partition coefficient (Wildman–Crippen LogP) is 3.86. The molecule has 0 radical (unpaired) electrons. The number of thiophene rings is 1. The van der Waals surface area contributed by atoms with E-state index in [0.717, 1.165) is 11.3 Å². The number of oxime groups is 1. The van der Waals surface area contributed by atoms with Gasteiger partial charge in [-0.05, 0) is 32.9 Å². The zero-order valence-electron chi connectivity index (χ0n) is 9.33. The summed E-state index contributed by atoms with van der Waals surface area (Å²) >= 11 is 4.34. The number of fused-ring (bicyclic) bond motifs is 1. The van der Waals surface area contributed by atoms with Crippen LogP contribution in [0.25, 0.3) is 10.1 Å². The van der Waals surface area contributed by atoms with E-state index in [0.29, 0.717) is 14.6 Å². The number of hydrogen-bond acceptors (Lipinski definition) is 3. The molecule has 1 heterocycles. The number of hydrogen-bond donors (Lipinski definition) is 2. The zero-order chi connectivity index (χ0) is 14.2. The molecule has 2 rings (SSSR count). The molecule has 0 saturated carbocycles. The molecule has 0 aliphatic rings. The van der Waals surface area contributed by atoms with E-state index < -0.39 is 12.6 Å². The van der Waals surface area contributed by atoms with Gasteiger partial charge in [-0.15, -0.1) is 11.3 Å². The Bertz CT molecular complexity index is 651. The molecular formula is C11H8BrF3N2OS. The van der Waals surface area contributed by atoms with Crippen molar-refractivity contribution in [2.45, 2.75) is 12.6 Å². The largest absolute Gasteiger partial charge is 0.409 e. The summed E-state index contributed by atoms with van der Waals surface area (Å²) in [5.74, 6) is -0.313. The number of nitrogens with two attached hydrogens (primary N) is 1. The van der Waals surface area contributed by atoms with Crippen molar-refractivity contribution in [3.63, 3.8) is 0 Å². The molecule has 0 aliphatic heterocycles. The van der Waals surface area contributed by atoms with E-state index in [1.807, 2.05) is 0 Å². The molecule has 0 bridgehead atoms. The second kappa shape index (κ2) is 5.01. The molecule has 1 aromatic carbocycles. The fourth-order valence-electron chi connectivity index (χ4n) is 1.76. The van der Waals surface area contributed by atoms with E-state index in [-0.39, 0.29) is 16.3 Å². The van der Waals surface area contributed by atoms with Crippen LogP contribution in [-0.4, -0.2) is 17.2 Å². The summed E-state index contributed by atoms with van der Waals surface area (Å²) in [6.07, 6.45) is -5.48. The molecule has 8 heteroatoms. The molecule has 0 aliphatic carbocycles. The molecule has 3 N–H and O–H groups in total. The lowest BCUT2D eigenvalue weighted by Crippen LogP contribution is -2.17. The van der Waals surface area contributed by atoms with Crippen molar-refractivity contribution in [2.75, 3.05) is 0 Å². The van der Waals surface area contributed by atoms with Crippen LogP contribution in [0.5, 0.6) is 0 Å². The lowest BCUT2D eigenvalue weighted by atomic mass is 10.1. The number of halogens is 4. The van der Waals surface area contributed by atoms with E-state index in [4.69, 9.17) is 10.9 Å². The molecule has 102 valence electrons. The van der Waals surface area contributed by atoms with E-state index >= 15 is 0 Å². The monoisotopic (exact) mass is 352 g/mol. The van der Waals surface area contributed by atoms with Crippen LogP contribution >= 0.6 is 27.3 Å². The van der Waals surface area contributed by atoms with Gasteiger partial charge in [0.25, 0.3) is 0 Å². The Kier molecular flexibility index (Phi) is 3.73. The van der Waals surface area contributed by atoms with Crippen molar-refractivity contribution >= 4 is 43.2 Å². The standard InChI is InChI=1S/C11H8BrF3N2OS/c12-7-3-1-2-5-6(4-11(13,14)15)9(10(16)17-18)19-8(5)7/h1-3,18H,4H2,(H2,16,17). The topological polar surface area (TPSA) is 58.6 Å². The van der Waals surface area contributed by atoms with Crippen LogP contribution < -0.4 is 5.73 Å². The van der Waals surface area contributed by atoms with Crippen molar-refractivity contribution < 1.29 is 18.4 Å². The first-order chi connectivity index (χ1) is 8.83. The number of benzene rings is 1. The van der Waals surface area contributed by atoms with Gasteiger partial charge in [0.15, 0.2) is 5.84 Å². The molecule has 0 spiro atoms. The summed E-state index contributed by atoms with van der Waals surface area (Å²) in [5.41, 5.74) is 5.49. The van der Waals surface area contributed by atoms with Gasteiger partial charge in [-0.25, -0.2) is 0 Å². The Morgan fingerprint density at radius 1 is 1.42 bits per heavy atom. The first-order valence-corrected chi connectivity index (χ1v) is 6.69. The van der Waals surface area contributed by atoms with Gasteiger partial charge in [0.1, 0.15) is 0 Å². The molecule has 0 atom stereocenters. The normalized spacial score (nSPS) is 13.2. The summed E-state index contributed by atoms with van der Waals surface area (Å²) in [6.45, 7) is 0. The Morgan fingerprint density at radius 3 is 2.68 bits per heavy atom. The molecule has 2 aromatic rings. The molecule has 19 heavy (non-hydrogen) atoms. The van der Waals surface area contributed by atoms with Gasteiger partial charge < -0.3 is 10.9 Å². The highest BCUT2D eigenvalue weighted by molar-refractivity contribution is 9.10. The zero-order valence-corrected chi connectivity index (χ0v) is 11.7. The summed E-state index contributed by atoms with van der Waals surface area (Å²) in [4.78, 5) is 0.140. The first-order valence-electron chi connectivity index (χ1n) is 5.08. The second-order valence-electron chi connectivity index (χ2n) is 3.80. The maximum Gasteiger partial charge on any atom is 0.393 e. The minimum absolute atomic E-state index is 0.0316. The van der Waals surface area contributed by atoms with Crippen LogP contribution in [0.3, 0.4) is 0 Å². The van der Waals surface area contributed by atoms with Crippen LogP contribution in [0.2, 0.25) is 0 Å². The molecule has 0 saturated heterocycles. The third-order valence-electron chi connectivity index (χ3n) is 2.49. The van der Waals surface area contributed by atoms with Crippen molar-refractivity contribution in [1.82, 2.24) is 0 Å². The van der Waals surface area contributed by atoms with Gasteiger partial charge in [0.2, 0.25) is 0 Å². The number of nitrogens with zero attached hydrogens (tertiary/aromatic N) is 1. The fraction of sp³-hybridized carbons (Fsp3) is 0.182. The Labute approximate surface area is 118 Å². The molecule has 1 aromatic heterocycles. The van der Waals surface area contributed by atoms with Crippen LogP contribution in [0, 0.1) is 0 Å². The van der Waals surface area contributed by atoms with E-state index in [2.05, 4.69) is 21.1 Å². The fourth-order valence-corrected chi connectivity index (χ4v) is 3.50. The SMILES string of the molecule is N/C(=N\O)c1sc2c(Br)cccc2c1CC(F)(F)F. The van der Waals surface area contributed by atoms with Crippen LogP contribution in [-0.2, 0) is 6.42 Å². The molecular weight excluding hydrogens is 345 g/mol. The van der Waals surface area contributed by atoms with E-state index in [1.165, 1.54) is 0 Å². The average Bonchev–Trinajstić information content (AvgIpc) is 2.67. The minimum Gasteiger partial charge on any atom is -0.409 e. The van der Waals surface area contributed by atoms with E-state index in [9.17, 15) is 13.2 Å². The Balaban J connectivity index is 2.73. The summed E-state index contributed by atoms with van der Waals surface area (Å²) < 4.78 is 39.3. The van der Waals surface area contributed by atoms with Crippen molar-refractivity contribution in [3.05, 3.63) is 33.1 Å². The predicted molar refractivity (Wildman–Crippen MR) is 71.8 cm³/mol. The maximum absolute atomic E-state index is 12.6. The van der Waals surface area contributed by atoms with Crippen molar-refractivity contribution in [2.24, 2.45) is 10.9 Å². The van der Waals surface area contributed by atoms with Crippen molar-refractivity contribution in [1.29, 1.82) is 0 Å². The highest BCUT2D eigenvalue weighted by Gasteiger charge is 2.32. The summed E-state index contributed by atoms with van der Waals surface area (Å²) in [7, 11) is 0. The molecule has 0 amide bonds. The van der Waals surface area contributed by atoms with Crippen LogP contribution in [0.4, 0.5) is 13.2 Å². The van der Waals surface area contributed by atoms with Gasteiger partial charge in [-0.2, -0.15) is 13.2 Å². The highest BCUT2D eigenvalue weighted by atomic mass is 79.9. The summed E-state index contributed by atoms with van der Waals surface area (Å²) in [5, 5.41) is 11.9.